The summed E-state index contributed by atoms with van der Waals surface area (Å²) in [7, 11) is 0.440. The molecular formula is C36H35Cl2FN6O6S. The number of imidazole rings is 1. The zero-order chi connectivity index (χ0) is 37.1. The molecule has 0 aliphatic carbocycles. The van der Waals surface area contributed by atoms with E-state index in [2.05, 4.69) is 15.2 Å². The van der Waals surface area contributed by atoms with E-state index in [1.807, 2.05) is 23.6 Å². The Morgan fingerprint density at radius 3 is 2.58 bits per heavy atom. The molecule has 1 saturated heterocycles. The summed E-state index contributed by atoms with van der Waals surface area (Å²) in [5.41, 5.74) is 3.87. The van der Waals surface area contributed by atoms with Crippen LogP contribution in [0.2, 0.25) is 10.0 Å². The third-order valence-electron chi connectivity index (χ3n) is 9.83. The minimum absolute atomic E-state index is 0.126. The van der Waals surface area contributed by atoms with Crippen LogP contribution in [-0.2, 0) is 41.4 Å². The molecule has 4 heterocycles. The lowest BCUT2D eigenvalue weighted by atomic mass is 10.0. The molecule has 0 spiro atoms. The molecular weight excluding hydrogens is 734 g/mol. The van der Waals surface area contributed by atoms with Crippen LogP contribution in [0.1, 0.15) is 34.0 Å². The van der Waals surface area contributed by atoms with Gasteiger partial charge in [-0.05, 0) is 49.8 Å². The highest BCUT2D eigenvalue weighted by molar-refractivity contribution is 7.90. The summed E-state index contributed by atoms with van der Waals surface area (Å²) in [6.07, 6.45) is 2.54. The second-order valence-corrected chi connectivity index (χ2v) is 15.6. The first-order valence-corrected chi connectivity index (χ1v) is 18.7. The van der Waals surface area contributed by atoms with Gasteiger partial charge in [0.15, 0.2) is 17.4 Å². The van der Waals surface area contributed by atoms with Gasteiger partial charge in [0.2, 0.25) is 0 Å². The number of halogens is 3. The molecule has 1 unspecified atom stereocenters. The van der Waals surface area contributed by atoms with Gasteiger partial charge in [-0.3, -0.25) is 14.5 Å². The lowest BCUT2D eigenvalue weighted by Crippen LogP contribution is -2.27. The maximum Gasteiger partial charge on any atom is 0.307 e. The quantitative estimate of drug-likeness (QED) is 0.188. The molecule has 0 bridgehead atoms. The van der Waals surface area contributed by atoms with Gasteiger partial charge < -0.3 is 24.6 Å². The number of fused-ring (bicyclic) bond motifs is 2. The summed E-state index contributed by atoms with van der Waals surface area (Å²) in [5, 5.41) is 12.7. The van der Waals surface area contributed by atoms with Crippen LogP contribution < -0.4 is 10.1 Å². The number of hydrogen-bond donors (Lipinski definition) is 2. The van der Waals surface area contributed by atoms with Crippen molar-refractivity contribution in [3.63, 3.8) is 0 Å². The molecule has 16 heteroatoms. The molecule has 12 nitrogen and oxygen atoms in total. The number of likely N-dealkylation sites (N-methyl/N-ethyl adjacent to an activating group) is 1. The third-order valence-corrected chi connectivity index (χ3v) is 12.4. The van der Waals surface area contributed by atoms with E-state index < -0.39 is 38.5 Å². The molecule has 52 heavy (non-hydrogen) atoms. The maximum atomic E-state index is 16.2. The Bertz CT molecular complexity index is 2380. The Morgan fingerprint density at radius 1 is 1.10 bits per heavy atom. The summed E-state index contributed by atoms with van der Waals surface area (Å²) in [6, 6.07) is 13.1. The van der Waals surface area contributed by atoms with Crippen LogP contribution in [0.25, 0.3) is 22.0 Å². The zero-order valence-electron chi connectivity index (χ0n) is 28.5. The number of aliphatic carboxylic acids is 1. The number of rotatable bonds is 9. The SMILES string of the molecule is COc1c(CN2CCC(C(=O)O)C2)cc(Cl)c(S(=O)(=O)n2ccc3c(-c4cccc(NC(=O)c5nc6c(n5C)CCN(C)C6)c4Cl)cccc32)c1F. The molecule has 0 saturated carbocycles. The van der Waals surface area contributed by atoms with E-state index in [0.717, 1.165) is 28.3 Å². The molecule has 0 radical (unpaired) electrons. The van der Waals surface area contributed by atoms with Gasteiger partial charge in [0.05, 0.1) is 40.0 Å². The van der Waals surface area contributed by atoms with Crippen LogP contribution in [0.5, 0.6) is 5.75 Å². The molecule has 2 aliphatic rings. The number of nitrogens with one attached hydrogen (secondary N) is 1. The number of carbonyl (C=O) groups is 2. The lowest BCUT2D eigenvalue weighted by Gasteiger charge is -2.21. The van der Waals surface area contributed by atoms with Gasteiger partial charge >= 0.3 is 5.97 Å². The Hall–Kier alpha value is -4.47. The van der Waals surface area contributed by atoms with Gasteiger partial charge in [0, 0.05) is 68.1 Å². The van der Waals surface area contributed by atoms with Gasteiger partial charge in [-0.15, -0.1) is 0 Å². The Balaban J connectivity index is 1.21. The number of hydrogen-bond acceptors (Lipinski definition) is 8. The average Bonchev–Trinajstić information content (AvgIpc) is 3.83. The van der Waals surface area contributed by atoms with Crippen molar-refractivity contribution >= 4 is 61.7 Å². The number of likely N-dealkylation sites (tertiary alicyclic amines) is 1. The second kappa shape index (κ2) is 13.8. The van der Waals surface area contributed by atoms with Crippen molar-refractivity contribution in [3.8, 4) is 16.9 Å². The van der Waals surface area contributed by atoms with E-state index in [1.54, 1.807) is 42.5 Å². The number of methoxy groups -OCH3 is 1. The molecule has 2 aliphatic heterocycles. The monoisotopic (exact) mass is 768 g/mol. The van der Waals surface area contributed by atoms with E-state index in [-0.39, 0.29) is 40.2 Å². The predicted octanol–water partition coefficient (Wildman–Crippen LogP) is 5.88. The van der Waals surface area contributed by atoms with Gasteiger partial charge in [0.1, 0.15) is 4.90 Å². The molecule has 1 amide bonds. The number of benzene rings is 3. The normalized spacial score (nSPS) is 16.7. The number of carboxylic acid groups (broad SMARTS) is 1. The van der Waals surface area contributed by atoms with Crippen molar-refractivity contribution in [1.82, 2.24) is 23.3 Å². The fraction of sp³-hybridized carbons (Fsp3) is 0.306. The summed E-state index contributed by atoms with van der Waals surface area (Å²) in [4.78, 5) is 32.7. The van der Waals surface area contributed by atoms with Crippen molar-refractivity contribution in [2.75, 3.05) is 39.1 Å². The first-order valence-electron chi connectivity index (χ1n) is 16.5. The number of anilines is 1. The van der Waals surface area contributed by atoms with Crippen molar-refractivity contribution in [2.45, 2.75) is 30.8 Å². The molecule has 1 atom stereocenters. The van der Waals surface area contributed by atoms with Crippen molar-refractivity contribution in [2.24, 2.45) is 13.0 Å². The highest BCUT2D eigenvalue weighted by Gasteiger charge is 2.33. The van der Waals surface area contributed by atoms with E-state index >= 15 is 4.39 Å². The average molecular weight is 770 g/mol. The van der Waals surface area contributed by atoms with E-state index in [1.165, 1.54) is 19.4 Å². The summed E-state index contributed by atoms with van der Waals surface area (Å²) in [6.45, 7) is 2.38. The van der Waals surface area contributed by atoms with Crippen molar-refractivity contribution in [3.05, 3.63) is 93.4 Å². The molecule has 2 N–H and O–H groups in total. The van der Waals surface area contributed by atoms with Crippen LogP contribution in [0.4, 0.5) is 10.1 Å². The minimum Gasteiger partial charge on any atom is -0.493 e. The van der Waals surface area contributed by atoms with Crippen molar-refractivity contribution in [1.29, 1.82) is 0 Å². The van der Waals surface area contributed by atoms with E-state index in [0.29, 0.717) is 47.3 Å². The summed E-state index contributed by atoms with van der Waals surface area (Å²) >= 11 is 13.4. The minimum atomic E-state index is -4.62. The summed E-state index contributed by atoms with van der Waals surface area (Å²) in [5.74, 6) is -3.04. The molecule has 2 aromatic heterocycles. The molecule has 1 fully saturated rings. The molecule has 7 rings (SSSR count). The smallest absolute Gasteiger partial charge is 0.307 e. The number of amides is 1. The maximum absolute atomic E-state index is 16.2. The number of carbonyl (C=O) groups excluding carboxylic acids is 1. The fourth-order valence-corrected chi connectivity index (χ4v) is 9.43. The number of carboxylic acids is 1. The first kappa shape index (κ1) is 35.9. The van der Waals surface area contributed by atoms with Crippen LogP contribution in [-0.4, -0.2) is 82.5 Å². The van der Waals surface area contributed by atoms with Crippen LogP contribution >= 0.6 is 23.2 Å². The topological polar surface area (TPSA) is 139 Å². The Labute approximate surface area is 309 Å². The second-order valence-electron chi connectivity index (χ2n) is 13.1. The Morgan fingerprint density at radius 2 is 1.85 bits per heavy atom. The summed E-state index contributed by atoms with van der Waals surface area (Å²) < 4.78 is 52.6. The lowest BCUT2D eigenvalue weighted by molar-refractivity contribution is -0.141. The standard InChI is InChI=1S/C36H35Cl2FN6O6S/c1-42-13-12-29-27(19-42)40-34(43(29)2)35(46)41-26-8-4-7-24(30(26)38)22-6-5-9-28-23(22)11-15-45(28)52(49,50)33-25(37)16-21(32(51-3)31(33)39)18-44-14-10-20(17-44)36(47)48/h4-9,11,15-16,20H,10,12-14,17-19H2,1-3H3,(H,41,46)(H,47,48). The number of ether oxygens (including phenoxy) is 1. The zero-order valence-corrected chi connectivity index (χ0v) is 30.8. The molecule has 5 aromatic rings. The highest BCUT2D eigenvalue weighted by atomic mass is 35.5. The van der Waals surface area contributed by atoms with Crippen molar-refractivity contribution < 1.29 is 32.2 Å². The van der Waals surface area contributed by atoms with E-state index in [9.17, 15) is 23.1 Å². The van der Waals surface area contributed by atoms with Gasteiger partial charge in [-0.2, -0.15) is 0 Å². The Kier molecular flexibility index (Phi) is 9.55. The molecule has 3 aromatic carbocycles. The first-order chi connectivity index (χ1) is 24.8. The van der Waals surface area contributed by atoms with Gasteiger partial charge in [-0.25, -0.2) is 21.8 Å². The number of nitrogens with zero attached hydrogens (tertiary/aromatic N) is 5. The largest absolute Gasteiger partial charge is 0.493 e. The van der Waals surface area contributed by atoms with Crippen LogP contribution in [0.15, 0.2) is 59.6 Å². The predicted molar refractivity (Wildman–Crippen MR) is 195 cm³/mol. The van der Waals surface area contributed by atoms with E-state index in [4.69, 9.17) is 27.9 Å². The van der Waals surface area contributed by atoms with Gasteiger partial charge in [0.25, 0.3) is 15.9 Å². The molecule has 272 valence electrons. The van der Waals surface area contributed by atoms with Gasteiger partial charge in [-0.1, -0.05) is 47.5 Å². The number of aromatic nitrogens is 3. The highest BCUT2D eigenvalue weighted by Crippen LogP contribution is 2.41. The third kappa shape index (κ3) is 6.21. The van der Waals surface area contributed by atoms with Crippen LogP contribution in [0, 0.1) is 11.7 Å². The van der Waals surface area contributed by atoms with Crippen LogP contribution in [0.3, 0.4) is 0 Å². The fourth-order valence-electron chi connectivity index (χ4n) is 7.19.